The van der Waals surface area contributed by atoms with E-state index in [1.54, 1.807) is 12.4 Å². The van der Waals surface area contributed by atoms with Crippen LogP contribution < -0.4 is 10.1 Å². The second-order valence-electron chi connectivity index (χ2n) is 9.01. The van der Waals surface area contributed by atoms with Gasteiger partial charge in [0.1, 0.15) is 12.7 Å². The van der Waals surface area contributed by atoms with E-state index in [0.717, 1.165) is 43.7 Å². The number of nitrogens with zero attached hydrogens (tertiary/aromatic N) is 3. The molecule has 9 heteroatoms. The Labute approximate surface area is 192 Å². The maximum absolute atomic E-state index is 12.8. The molecule has 0 radical (unpaired) electrons. The Morgan fingerprint density at radius 1 is 1.25 bits per heavy atom. The third-order valence-corrected chi connectivity index (χ3v) is 6.75. The molecule has 4 heterocycles. The van der Waals surface area contributed by atoms with E-state index in [0.29, 0.717) is 29.8 Å². The van der Waals surface area contributed by atoms with Crippen LogP contribution in [0, 0.1) is 0 Å². The van der Waals surface area contributed by atoms with Crippen LogP contribution in [0.2, 0.25) is 5.02 Å². The Morgan fingerprint density at radius 2 is 2.00 bits per heavy atom. The summed E-state index contributed by atoms with van der Waals surface area (Å²) in [4.78, 5) is 23.8. The molecule has 1 unspecified atom stereocenters. The molecule has 0 bridgehead atoms. The fraction of sp³-hybridized carbons (Fsp3) is 0.522. The van der Waals surface area contributed by atoms with Gasteiger partial charge in [-0.1, -0.05) is 11.6 Å². The molecule has 2 saturated heterocycles. The molecule has 1 amide bonds. The third-order valence-electron chi connectivity index (χ3n) is 6.51. The van der Waals surface area contributed by atoms with Gasteiger partial charge in [0.05, 0.1) is 24.4 Å². The van der Waals surface area contributed by atoms with Crippen LogP contribution in [0.3, 0.4) is 0 Å². The second kappa shape index (κ2) is 8.26. The number of ether oxygens (including phenoxy) is 3. The lowest BCUT2D eigenvalue weighted by atomic mass is 9.73. The summed E-state index contributed by atoms with van der Waals surface area (Å²) in [6.45, 7) is 7.15. The first-order chi connectivity index (χ1) is 15.3. The molecule has 1 spiro atoms. The Bertz CT molecular complexity index is 1010. The van der Waals surface area contributed by atoms with Crippen LogP contribution in [0.5, 0.6) is 5.75 Å². The zero-order valence-electron chi connectivity index (χ0n) is 18.3. The Kier molecular flexibility index (Phi) is 5.57. The van der Waals surface area contributed by atoms with E-state index in [1.165, 1.54) is 0 Å². The first-order valence-electron chi connectivity index (χ1n) is 11.0. The minimum Gasteiger partial charge on any atom is -0.489 e. The average molecular weight is 459 g/mol. The van der Waals surface area contributed by atoms with Crippen molar-refractivity contribution >= 4 is 23.2 Å². The lowest BCUT2D eigenvalue weighted by Crippen LogP contribution is -2.47. The van der Waals surface area contributed by atoms with Crippen molar-refractivity contribution in [1.29, 1.82) is 0 Å². The van der Waals surface area contributed by atoms with Gasteiger partial charge in [-0.05, 0) is 63.5 Å². The largest absolute Gasteiger partial charge is 0.489 e. The van der Waals surface area contributed by atoms with Crippen LogP contribution in [-0.4, -0.2) is 59.4 Å². The number of hydrogen-bond donors (Lipinski definition) is 1. The predicted octanol–water partition coefficient (Wildman–Crippen LogP) is 3.32. The van der Waals surface area contributed by atoms with Gasteiger partial charge in [0.2, 0.25) is 5.91 Å². The van der Waals surface area contributed by atoms with Crippen molar-refractivity contribution in [3.05, 3.63) is 47.0 Å². The molecule has 2 aromatic rings. The standard InChI is InChI=1S/C23H27ClN4O4/c1-22(2)31-14-19(32-22)20-25-12-16(13-26-20)30-10-9-28-7-5-23(6-8-28)17-11-15(24)3-4-18(17)27-21(23)29/h3-4,11-13,19H,5-10,14H2,1-2H3,(H,27,29). The summed E-state index contributed by atoms with van der Waals surface area (Å²) < 4.78 is 17.2. The van der Waals surface area contributed by atoms with Crippen molar-refractivity contribution < 1.29 is 19.0 Å². The first kappa shape index (κ1) is 21.6. The molecule has 3 aliphatic heterocycles. The highest BCUT2D eigenvalue weighted by atomic mass is 35.5. The number of nitrogens with one attached hydrogen (secondary N) is 1. The minimum atomic E-state index is -0.607. The first-order valence-corrected chi connectivity index (χ1v) is 11.3. The predicted molar refractivity (Wildman–Crippen MR) is 119 cm³/mol. The summed E-state index contributed by atoms with van der Waals surface area (Å²) in [6.07, 6.45) is 4.62. The van der Waals surface area contributed by atoms with Crippen LogP contribution >= 0.6 is 11.6 Å². The topological polar surface area (TPSA) is 85.8 Å². The monoisotopic (exact) mass is 458 g/mol. The molecule has 1 N–H and O–H groups in total. The number of likely N-dealkylation sites (tertiary alicyclic amines) is 1. The molecule has 3 aliphatic rings. The van der Waals surface area contributed by atoms with Crippen molar-refractivity contribution in [2.75, 3.05) is 38.2 Å². The van der Waals surface area contributed by atoms with E-state index in [1.807, 2.05) is 32.0 Å². The quantitative estimate of drug-likeness (QED) is 0.735. The lowest BCUT2D eigenvalue weighted by Gasteiger charge is -2.37. The minimum absolute atomic E-state index is 0.0861. The van der Waals surface area contributed by atoms with Gasteiger partial charge in [-0.15, -0.1) is 0 Å². The molecule has 32 heavy (non-hydrogen) atoms. The van der Waals surface area contributed by atoms with Crippen LogP contribution in [-0.2, 0) is 19.7 Å². The molecule has 0 saturated carbocycles. The fourth-order valence-electron chi connectivity index (χ4n) is 4.71. The summed E-state index contributed by atoms with van der Waals surface area (Å²) in [5.74, 6) is 0.700. The van der Waals surface area contributed by atoms with Crippen LogP contribution in [0.15, 0.2) is 30.6 Å². The summed E-state index contributed by atoms with van der Waals surface area (Å²) >= 11 is 6.20. The summed E-state index contributed by atoms with van der Waals surface area (Å²) in [7, 11) is 0. The van der Waals surface area contributed by atoms with E-state index in [2.05, 4.69) is 20.2 Å². The van der Waals surface area contributed by atoms with Crippen molar-refractivity contribution in [2.24, 2.45) is 0 Å². The van der Waals surface area contributed by atoms with Crippen LogP contribution in [0.25, 0.3) is 0 Å². The van der Waals surface area contributed by atoms with Gasteiger partial charge in [0, 0.05) is 17.3 Å². The maximum Gasteiger partial charge on any atom is 0.235 e. The highest BCUT2D eigenvalue weighted by molar-refractivity contribution is 6.31. The van der Waals surface area contributed by atoms with Gasteiger partial charge in [-0.25, -0.2) is 9.97 Å². The smallest absolute Gasteiger partial charge is 0.235 e. The molecule has 170 valence electrons. The Morgan fingerprint density at radius 3 is 2.69 bits per heavy atom. The van der Waals surface area contributed by atoms with Crippen molar-refractivity contribution in [1.82, 2.24) is 14.9 Å². The highest BCUT2D eigenvalue weighted by Gasteiger charge is 2.48. The maximum atomic E-state index is 12.8. The van der Waals surface area contributed by atoms with Gasteiger partial charge in [0.25, 0.3) is 0 Å². The molecule has 2 fully saturated rings. The zero-order valence-corrected chi connectivity index (χ0v) is 19.0. The molecular formula is C23H27ClN4O4. The number of rotatable bonds is 5. The number of hydrogen-bond acceptors (Lipinski definition) is 7. The highest BCUT2D eigenvalue weighted by Crippen LogP contribution is 2.45. The Balaban J connectivity index is 1.12. The molecule has 1 aromatic heterocycles. The molecule has 1 aromatic carbocycles. The number of aromatic nitrogens is 2. The average Bonchev–Trinajstić information content (AvgIpc) is 3.27. The SMILES string of the molecule is CC1(C)OCC(c2ncc(OCCN3CCC4(CC3)C(=O)Nc3ccc(Cl)cc34)cn2)O1. The van der Waals surface area contributed by atoms with Crippen molar-refractivity contribution in [3.8, 4) is 5.75 Å². The molecular weight excluding hydrogens is 432 g/mol. The zero-order chi connectivity index (χ0) is 22.3. The van der Waals surface area contributed by atoms with E-state index in [9.17, 15) is 4.79 Å². The van der Waals surface area contributed by atoms with Gasteiger partial charge in [-0.2, -0.15) is 0 Å². The number of piperidine rings is 1. The van der Waals surface area contributed by atoms with Gasteiger partial charge in [-0.3, -0.25) is 9.69 Å². The number of carbonyl (C=O) groups excluding carboxylic acids is 1. The Hall–Kier alpha value is -2.26. The number of amides is 1. The summed E-state index contributed by atoms with van der Waals surface area (Å²) in [6, 6.07) is 5.64. The number of halogens is 1. The van der Waals surface area contributed by atoms with Crippen LogP contribution in [0.1, 0.15) is 44.2 Å². The third kappa shape index (κ3) is 4.08. The van der Waals surface area contributed by atoms with E-state index < -0.39 is 11.2 Å². The summed E-state index contributed by atoms with van der Waals surface area (Å²) in [5, 5.41) is 3.69. The molecule has 0 aliphatic carbocycles. The van der Waals surface area contributed by atoms with E-state index in [4.69, 9.17) is 25.8 Å². The number of benzene rings is 1. The lowest BCUT2D eigenvalue weighted by molar-refractivity contribution is -0.140. The van der Waals surface area contributed by atoms with Crippen molar-refractivity contribution in [3.63, 3.8) is 0 Å². The van der Waals surface area contributed by atoms with E-state index >= 15 is 0 Å². The van der Waals surface area contributed by atoms with Crippen molar-refractivity contribution in [2.45, 2.75) is 44.0 Å². The normalized spacial score (nSPS) is 23.8. The van der Waals surface area contributed by atoms with Gasteiger partial charge in [0.15, 0.2) is 17.4 Å². The molecule has 5 rings (SSSR count). The molecule has 8 nitrogen and oxygen atoms in total. The fourth-order valence-corrected chi connectivity index (χ4v) is 4.89. The molecule has 1 atom stereocenters. The van der Waals surface area contributed by atoms with Crippen LogP contribution in [0.4, 0.5) is 5.69 Å². The second-order valence-corrected chi connectivity index (χ2v) is 9.45. The van der Waals surface area contributed by atoms with Gasteiger partial charge < -0.3 is 19.5 Å². The van der Waals surface area contributed by atoms with Gasteiger partial charge >= 0.3 is 0 Å². The van der Waals surface area contributed by atoms with E-state index in [-0.39, 0.29) is 12.0 Å². The number of carbonyl (C=O) groups is 1. The number of anilines is 1. The summed E-state index contributed by atoms with van der Waals surface area (Å²) in [5.41, 5.74) is 1.45. The number of fused-ring (bicyclic) bond motifs is 2.